The van der Waals surface area contributed by atoms with E-state index in [0.717, 1.165) is 35.1 Å². The SMILES string of the molecule is N#Cc1ccc2c(c1)C1(CCCCC1)c1cc(-c3nc(-c4ccccc4)nc(-c4ccccc4)n3)ccc1-2. The summed E-state index contributed by atoms with van der Waals surface area (Å²) in [5, 5.41) is 9.63. The summed E-state index contributed by atoms with van der Waals surface area (Å²) in [5.41, 5.74) is 8.82. The molecular formula is C34H26N4. The Morgan fingerprint density at radius 3 is 1.66 bits per heavy atom. The maximum atomic E-state index is 9.63. The van der Waals surface area contributed by atoms with Gasteiger partial charge in [0.05, 0.1) is 11.6 Å². The van der Waals surface area contributed by atoms with E-state index in [-0.39, 0.29) is 5.41 Å². The van der Waals surface area contributed by atoms with Crippen LogP contribution in [0.3, 0.4) is 0 Å². The van der Waals surface area contributed by atoms with E-state index in [1.165, 1.54) is 41.5 Å². The molecule has 38 heavy (non-hydrogen) atoms. The quantitative estimate of drug-likeness (QED) is 0.257. The Morgan fingerprint density at radius 2 is 1.08 bits per heavy atom. The molecule has 0 N–H and O–H groups in total. The van der Waals surface area contributed by atoms with E-state index in [1.54, 1.807) is 0 Å². The smallest absolute Gasteiger partial charge is 0.164 e. The predicted octanol–water partition coefficient (Wildman–Crippen LogP) is 7.97. The van der Waals surface area contributed by atoms with Gasteiger partial charge in [0.2, 0.25) is 0 Å². The van der Waals surface area contributed by atoms with Crippen LogP contribution in [-0.4, -0.2) is 15.0 Å². The number of rotatable bonds is 3. The van der Waals surface area contributed by atoms with Gasteiger partial charge in [-0.2, -0.15) is 5.26 Å². The van der Waals surface area contributed by atoms with Crippen LogP contribution >= 0.6 is 0 Å². The molecule has 4 nitrogen and oxygen atoms in total. The lowest BCUT2D eigenvalue weighted by Crippen LogP contribution is -2.28. The van der Waals surface area contributed by atoms with Crippen molar-refractivity contribution in [3.63, 3.8) is 0 Å². The highest BCUT2D eigenvalue weighted by atomic mass is 15.0. The van der Waals surface area contributed by atoms with Gasteiger partial charge in [-0.25, -0.2) is 15.0 Å². The maximum Gasteiger partial charge on any atom is 0.164 e. The molecule has 4 aromatic carbocycles. The Kier molecular flexibility index (Phi) is 5.37. The lowest BCUT2D eigenvalue weighted by atomic mass is 9.67. The Balaban J connectivity index is 1.42. The average molecular weight is 491 g/mol. The third kappa shape index (κ3) is 3.63. The number of nitrogens with zero attached hydrogens (tertiary/aromatic N) is 4. The van der Waals surface area contributed by atoms with Gasteiger partial charge < -0.3 is 0 Å². The molecule has 1 aromatic heterocycles. The third-order valence-corrected chi connectivity index (χ3v) is 8.15. The fourth-order valence-electron chi connectivity index (χ4n) is 6.34. The molecule has 2 aliphatic rings. The Bertz CT molecular complexity index is 1640. The summed E-state index contributed by atoms with van der Waals surface area (Å²) in [6.07, 6.45) is 5.86. The van der Waals surface area contributed by atoms with Gasteiger partial charge in [-0.05, 0) is 53.3 Å². The van der Waals surface area contributed by atoms with Crippen LogP contribution in [0.2, 0.25) is 0 Å². The van der Waals surface area contributed by atoms with Crippen molar-refractivity contribution in [2.75, 3.05) is 0 Å². The number of aromatic nitrogens is 3. The van der Waals surface area contributed by atoms with Crippen LogP contribution in [0.5, 0.6) is 0 Å². The van der Waals surface area contributed by atoms with Crippen LogP contribution < -0.4 is 0 Å². The fourth-order valence-corrected chi connectivity index (χ4v) is 6.34. The summed E-state index contributed by atoms with van der Waals surface area (Å²) in [5.74, 6) is 2.02. The van der Waals surface area contributed by atoms with E-state index in [1.807, 2.05) is 66.7 Å². The molecule has 1 heterocycles. The van der Waals surface area contributed by atoms with Crippen molar-refractivity contribution in [2.45, 2.75) is 37.5 Å². The first-order valence-electron chi connectivity index (χ1n) is 13.3. The highest BCUT2D eigenvalue weighted by Crippen LogP contribution is 2.56. The molecular weight excluding hydrogens is 464 g/mol. The van der Waals surface area contributed by atoms with Crippen molar-refractivity contribution < 1.29 is 0 Å². The molecule has 0 saturated heterocycles. The highest BCUT2D eigenvalue weighted by Gasteiger charge is 2.44. The largest absolute Gasteiger partial charge is 0.208 e. The molecule has 0 aliphatic heterocycles. The Morgan fingerprint density at radius 1 is 0.553 bits per heavy atom. The van der Waals surface area contributed by atoms with Crippen LogP contribution in [0.4, 0.5) is 0 Å². The average Bonchev–Trinajstić information content (AvgIpc) is 3.26. The minimum atomic E-state index is -0.0522. The molecule has 0 atom stereocenters. The molecule has 0 amide bonds. The molecule has 0 bridgehead atoms. The zero-order valence-electron chi connectivity index (χ0n) is 21.1. The van der Waals surface area contributed by atoms with E-state index >= 15 is 0 Å². The number of hydrogen-bond donors (Lipinski definition) is 0. The molecule has 2 aliphatic carbocycles. The van der Waals surface area contributed by atoms with Crippen molar-refractivity contribution in [1.82, 2.24) is 15.0 Å². The molecule has 7 rings (SSSR count). The van der Waals surface area contributed by atoms with Crippen LogP contribution in [-0.2, 0) is 5.41 Å². The number of hydrogen-bond acceptors (Lipinski definition) is 4. The molecule has 1 saturated carbocycles. The van der Waals surface area contributed by atoms with Crippen molar-refractivity contribution >= 4 is 0 Å². The first-order chi connectivity index (χ1) is 18.7. The van der Waals surface area contributed by atoms with Gasteiger partial charge in [0, 0.05) is 22.1 Å². The molecule has 0 unspecified atom stereocenters. The summed E-state index contributed by atoms with van der Waals surface area (Å²) in [4.78, 5) is 14.8. The summed E-state index contributed by atoms with van der Waals surface area (Å²) in [7, 11) is 0. The summed E-state index contributed by atoms with van der Waals surface area (Å²) in [6.45, 7) is 0. The monoisotopic (exact) mass is 490 g/mol. The summed E-state index contributed by atoms with van der Waals surface area (Å²) in [6, 6.07) is 35.5. The molecule has 5 aromatic rings. The second-order valence-electron chi connectivity index (χ2n) is 10.3. The van der Waals surface area contributed by atoms with Crippen molar-refractivity contribution in [2.24, 2.45) is 0 Å². The van der Waals surface area contributed by atoms with Crippen LogP contribution in [0, 0.1) is 11.3 Å². The van der Waals surface area contributed by atoms with E-state index in [0.29, 0.717) is 17.5 Å². The number of benzene rings is 4. The van der Waals surface area contributed by atoms with Gasteiger partial charge in [-0.1, -0.05) is 98.1 Å². The van der Waals surface area contributed by atoms with Gasteiger partial charge in [-0.15, -0.1) is 0 Å². The molecule has 1 fully saturated rings. The lowest BCUT2D eigenvalue weighted by molar-refractivity contribution is 0.353. The van der Waals surface area contributed by atoms with Gasteiger partial charge >= 0.3 is 0 Å². The van der Waals surface area contributed by atoms with Crippen molar-refractivity contribution in [1.29, 1.82) is 5.26 Å². The van der Waals surface area contributed by atoms with E-state index < -0.39 is 0 Å². The minimum absolute atomic E-state index is 0.0522. The Hall–Kier alpha value is -4.62. The van der Waals surface area contributed by atoms with Gasteiger partial charge in [0.15, 0.2) is 17.5 Å². The molecule has 182 valence electrons. The standard InChI is InChI=1S/C34H26N4/c35-22-23-14-16-27-28-17-15-26(21-30(28)34(29(27)20-23)18-8-3-9-19-34)33-37-31(24-10-4-1-5-11-24)36-32(38-33)25-12-6-2-7-13-25/h1-2,4-7,10-17,20-21H,3,8-9,18-19H2. The van der Waals surface area contributed by atoms with Crippen LogP contribution in [0.15, 0.2) is 97.1 Å². The van der Waals surface area contributed by atoms with Crippen molar-refractivity contribution in [3.8, 4) is 51.4 Å². The fraction of sp³-hybridized carbons (Fsp3) is 0.176. The summed E-state index contributed by atoms with van der Waals surface area (Å²) < 4.78 is 0. The first-order valence-corrected chi connectivity index (χ1v) is 13.3. The highest BCUT2D eigenvalue weighted by molar-refractivity contribution is 5.84. The number of fused-ring (bicyclic) bond motifs is 5. The van der Waals surface area contributed by atoms with Gasteiger partial charge in [0.25, 0.3) is 0 Å². The second kappa shape index (κ2) is 9.04. The van der Waals surface area contributed by atoms with Gasteiger partial charge in [-0.3, -0.25) is 0 Å². The normalized spacial score (nSPS) is 15.0. The lowest BCUT2D eigenvalue weighted by Gasteiger charge is -2.36. The third-order valence-electron chi connectivity index (χ3n) is 8.15. The summed E-state index contributed by atoms with van der Waals surface area (Å²) >= 11 is 0. The first kappa shape index (κ1) is 22.6. The van der Waals surface area contributed by atoms with Crippen LogP contribution in [0.25, 0.3) is 45.3 Å². The number of nitriles is 1. The molecule has 1 spiro atoms. The van der Waals surface area contributed by atoms with Gasteiger partial charge in [0.1, 0.15) is 0 Å². The van der Waals surface area contributed by atoms with Crippen molar-refractivity contribution in [3.05, 3.63) is 114 Å². The molecule has 4 heteroatoms. The Labute approximate surface area is 222 Å². The molecule has 0 radical (unpaired) electrons. The van der Waals surface area contributed by atoms with E-state index in [9.17, 15) is 5.26 Å². The topological polar surface area (TPSA) is 62.5 Å². The minimum Gasteiger partial charge on any atom is -0.208 e. The van der Waals surface area contributed by atoms with Crippen LogP contribution in [0.1, 0.15) is 48.8 Å². The van der Waals surface area contributed by atoms with E-state index in [4.69, 9.17) is 15.0 Å². The van der Waals surface area contributed by atoms with E-state index in [2.05, 4.69) is 36.4 Å². The predicted molar refractivity (Wildman–Crippen MR) is 150 cm³/mol. The zero-order valence-corrected chi connectivity index (χ0v) is 21.1. The zero-order chi connectivity index (χ0) is 25.5. The maximum absolute atomic E-state index is 9.63. The second-order valence-corrected chi connectivity index (χ2v) is 10.3.